The molecule has 1 N–H and O–H groups in total. The molecule has 0 radical (unpaired) electrons. The normalized spacial score (nSPS) is 10.4. The van der Waals surface area contributed by atoms with Crippen LogP contribution in [0.4, 0.5) is 4.39 Å². The van der Waals surface area contributed by atoms with Gasteiger partial charge in [-0.15, -0.1) is 0 Å². The summed E-state index contributed by atoms with van der Waals surface area (Å²) in [7, 11) is 0. The molecule has 0 spiro atoms. The van der Waals surface area contributed by atoms with Crippen LogP contribution in [0.5, 0.6) is 0 Å². The van der Waals surface area contributed by atoms with Gasteiger partial charge in [0.2, 0.25) is 0 Å². The first-order valence-corrected chi connectivity index (χ1v) is 5.45. The molecule has 0 atom stereocenters. The van der Waals surface area contributed by atoms with E-state index in [0.717, 1.165) is 5.56 Å². The fourth-order valence-electron chi connectivity index (χ4n) is 1.85. The van der Waals surface area contributed by atoms with E-state index < -0.39 is 11.8 Å². The van der Waals surface area contributed by atoms with Crippen molar-refractivity contribution in [1.82, 2.24) is 4.98 Å². The Bertz CT molecular complexity index is 623. The summed E-state index contributed by atoms with van der Waals surface area (Å²) in [5.74, 6) is -1.40. The molecule has 0 aliphatic heterocycles. The number of benzene rings is 1. The van der Waals surface area contributed by atoms with Crippen LogP contribution in [0.15, 0.2) is 30.5 Å². The molecular formula is C14H12FNO2. The van der Waals surface area contributed by atoms with E-state index in [2.05, 4.69) is 4.98 Å². The maximum absolute atomic E-state index is 13.7. The van der Waals surface area contributed by atoms with Gasteiger partial charge in [-0.25, -0.2) is 9.18 Å². The first-order valence-electron chi connectivity index (χ1n) is 5.45. The SMILES string of the molecule is Cc1cc(-c2ccc(C(=O)O)cc2C)c(F)cn1. The molecular weight excluding hydrogens is 233 g/mol. The van der Waals surface area contributed by atoms with E-state index in [4.69, 9.17) is 5.11 Å². The topological polar surface area (TPSA) is 50.2 Å². The molecule has 2 aromatic rings. The number of hydrogen-bond acceptors (Lipinski definition) is 2. The van der Waals surface area contributed by atoms with Gasteiger partial charge in [0.15, 0.2) is 0 Å². The van der Waals surface area contributed by atoms with Crippen molar-refractivity contribution >= 4 is 5.97 Å². The summed E-state index contributed by atoms with van der Waals surface area (Å²) >= 11 is 0. The van der Waals surface area contributed by atoms with Crippen LogP contribution in [0.3, 0.4) is 0 Å². The highest BCUT2D eigenvalue weighted by Crippen LogP contribution is 2.27. The summed E-state index contributed by atoms with van der Waals surface area (Å²) in [5.41, 5.74) is 2.76. The molecule has 4 heteroatoms. The number of pyridine rings is 1. The van der Waals surface area contributed by atoms with E-state index in [-0.39, 0.29) is 5.56 Å². The number of carboxylic acids is 1. The van der Waals surface area contributed by atoms with Gasteiger partial charge < -0.3 is 5.11 Å². The molecule has 0 bridgehead atoms. The number of halogens is 1. The number of carboxylic acid groups (broad SMARTS) is 1. The Morgan fingerprint density at radius 2 is 1.94 bits per heavy atom. The number of aromatic nitrogens is 1. The van der Waals surface area contributed by atoms with Gasteiger partial charge in [0.1, 0.15) is 5.82 Å². The van der Waals surface area contributed by atoms with Gasteiger partial charge in [-0.2, -0.15) is 0 Å². The number of aromatic carboxylic acids is 1. The predicted molar refractivity (Wildman–Crippen MR) is 66.1 cm³/mol. The summed E-state index contributed by atoms with van der Waals surface area (Å²) in [6.45, 7) is 3.54. The van der Waals surface area contributed by atoms with Crippen LogP contribution in [-0.4, -0.2) is 16.1 Å². The molecule has 92 valence electrons. The van der Waals surface area contributed by atoms with Crippen molar-refractivity contribution in [1.29, 1.82) is 0 Å². The van der Waals surface area contributed by atoms with Crippen LogP contribution in [0, 0.1) is 19.7 Å². The minimum atomic E-state index is -0.990. The smallest absolute Gasteiger partial charge is 0.335 e. The quantitative estimate of drug-likeness (QED) is 0.883. The highest BCUT2D eigenvalue weighted by Gasteiger charge is 2.11. The number of nitrogens with zero attached hydrogens (tertiary/aromatic N) is 1. The largest absolute Gasteiger partial charge is 0.478 e. The number of aryl methyl sites for hydroxylation is 2. The van der Waals surface area contributed by atoms with Crippen molar-refractivity contribution in [3.8, 4) is 11.1 Å². The van der Waals surface area contributed by atoms with Crippen LogP contribution in [0.2, 0.25) is 0 Å². The maximum atomic E-state index is 13.7. The van der Waals surface area contributed by atoms with Crippen molar-refractivity contribution < 1.29 is 14.3 Å². The van der Waals surface area contributed by atoms with Crippen molar-refractivity contribution in [2.24, 2.45) is 0 Å². The zero-order chi connectivity index (χ0) is 13.3. The van der Waals surface area contributed by atoms with Crippen molar-refractivity contribution in [3.05, 3.63) is 53.1 Å². The van der Waals surface area contributed by atoms with Gasteiger partial charge in [-0.05, 0) is 43.2 Å². The van der Waals surface area contributed by atoms with Crippen molar-refractivity contribution in [3.63, 3.8) is 0 Å². The second-order valence-corrected chi connectivity index (χ2v) is 4.14. The fraction of sp³-hybridized carbons (Fsp3) is 0.143. The van der Waals surface area contributed by atoms with Gasteiger partial charge in [0.25, 0.3) is 0 Å². The van der Waals surface area contributed by atoms with E-state index in [1.165, 1.54) is 18.3 Å². The molecule has 0 aliphatic rings. The van der Waals surface area contributed by atoms with Crippen LogP contribution in [0.1, 0.15) is 21.6 Å². The fourth-order valence-corrected chi connectivity index (χ4v) is 1.85. The van der Waals surface area contributed by atoms with Gasteiger partial charge in [-0.3, -0.25) is 4.98 Å². The van der Waals surface area contributed by atoms with Crippen molar-refractivity contribution in [2.75, 3.05) is 0 Å². The minimum absolute atomic E-state index is 0.197. The average Bonchev–Trinajstić information content (AvgIpc) is 2.32. The number of carbonyl (C=O) groups is 1. The van der Waals surface area contributed by atoms with E-state index >= 15 is 0 Å². The summed E-state index contributed by atoms with van der Waals surface area (Å²) in [6.07, 6.45) is 1.18. The highest BCUT2D eigenvalue weighted by molar-refractivity contribution is 5.89. The Morgan fingerprint density at radius 1 is 1.22 bits per heavy atom. The molecule has 1 heterocycles. The second kappa shape index (κ2) is 4.56. The zero-order valence-electron chi connectivity index (χ0n) is 10.1. The lowest BCUT2D eigenvalue weighted by Gasteiger charge is -2.08. The molecule has 1 aromatic heterocycles. The molecule has 0 saturated carbocycles. The Kier molecular flexibility index (Phi) is 3.10. The van der Waals surface area contributed by atoms with Gasteiger partial charge in [0.05, 0.1) is 11.8 Å². The maximum Gasteiger partial charge on any atom is 0.335 e. The number of hydrogen-bond donors (Lipinski definition) is 1. The van der Waals surface area contributed by atoms with E-state index in [0.29, 0.717) is 16.8 Å². The van der Waals surface area contributed by atoms with E-state index in [1.54, 1.807) is 26.0 Å². The molecule has 0 unspecified atom stereocenters. The lowest BCUT2D eigenvalue weighted by Crippen LogP contribution is -1.98. The summed E-state index contributed by atoms with van der Waals surface area (Å²) in [6, 6.07) is 6.28. The predicted octanol–water partition coefficient (Wildman–Crippen LogP) is 3.20. The minimum Gasteiger partial charge on any atom is -0.478 e. The van der Waals surface area contributed by atoms with Crippen LogP contribution in [-0.2, 0) is 0 Å². The Balaban J connectivity index is 2.58. The van der Waals surface area contributed by atoms with Crippen LogP contribution < -0.4 is 0 Å². The first kappa shape index (κ1) is 12.2. The molecule has 0 amide bonds. The number of rotatable bonds is 2. The Hall–Kier alpha value is -2.23. The lowest BCUT2D eigenvalue weighted by atomic mass is 9.98. The molecule has 18 heavy (non-hydrogen) atoms. The third-order valence-corrected chi connectivity index (χ3v) is 2.76. The monoisotopic (exact) mass is 245 g/mol. The Morgan fingerprint density at radius 3 is 2.56 bits per heavy atom. The lowest BCUT2D eigenvalue weighted by molar-refractivity contribution is 0.0697. The third kappa shape index (κ3) is 2.22. The molecule has 0 saturated heterocycles. The van der Waals surface area contributed by atoms with Gasteiger partial charge in [0, 0.05) is 11.3 Å². The first-order chi connectivity index (χ1) is 8.49. The Labute approximate surface area is 104 Å². The van der Waals surface area contributed by atoms with E-state index in [9.17, 15) is 9.18 Å². The van der Waals surface area contributed by atoms with Gasteiger partial charge >= 0.3 is 5.97 Å². The highest BCUT2D eigenvalue weighted by atomic mass is 19.1. The summed E-state index contributed by atoms with van der Waals surface area (Å²) in [5, 5.41) is 8.89. The summed E-state index contributed by atoms with van der Waals surface area (Å²) < 4.78 is 13.7. The molecule has 3 nitrogen and oxygen atoms in total. The molecule has 2 rings (SSSR count). The van der Waals surface area contributed by atoms with Gasteiger partial charge in [-0.1, -0.05) is 6.07 Å². The summed E-state index contributed by atoms with van der Waals surface area (Å²) in [4.78, 5) is 14.7. The average molecular weight is 245 g/mol. The second-order valence-electron chi connectivity index (χ2n) is 4.14. The molecule has 0 fully saturated rings. The van der Waals surface area contributed by atoms with Crippen molar-refractivity contribution in [2.45, 2.75) is 13.8 Å². The van der Waals surface area contributed by atoms with Crippen LogP contribution in [0.25, 0.3) is 11.1 Å². The van der Waals surface area contributed by atoms with Crippen LogP contribution >= 0.6 is 0 Å². The molecule has 0 aliphatic carbocycles. The third-order valence-electron chi connectivity index (χ3n) is 2.76. The zero-order valence-corrected chi connectivity index (χ0v) is 10.1. The standard InChI is InChI=1S/C14H12FNO2/c1-8-5-10(14(17)18)3-4-11(8)12-6-9(2)16-7-13(12)15/h3-7H,1-2H3,(H,17,18). The van der Waals surface area contributed by atoms with E-state index in [1.807, 2.05) is 0 Å². The molecule has 1 aromatic carbocycles.